The number of hydrogen-bond donors (Lipinski definition) is 0. The first kappa shape index (κ1) is 17.6. The number of aryl methyl sites for hydroxylation is 1. The highest BCUT2D eigenvalue weighted by Crippen LogP contribution is 2.41. The SMILES string of the molecule is Cc1cc(C(=O)CSc2nnc(N3CCCCC3)n2C2CC2)c(C)n1C. The Morgan fingerprint density at radius 2 is 1.92 bits per heavy atom. The smallest absolute Gasteiger partial charge is 0.228 e. The Morgan fingerprint density at radius 3 is 2.54 bits per heavy atom. The summed E-state index contributed by atoms with van der Waals surface area (Å²) in [6.45, 7) is 6.17. The van der Waals surface area contributed by atoms with Gasteiger partial charge in [-0.2, -0.15) is 0 Å². The van der Waals surface area contributed by atoms with E-state index in [1.165, 1.54) is 43.9 Å². The molecule has 1 aliphatic carbocycles. The van der Waals surface area contributed by atoms with E-state index in [0.29, 0.717) is 11.8 Å². The number of piperidine rings is 1. The van der Waals surface area contributed by atoms with Gasteiger partial charge in [-0.05, 0) is 52.0 Å². The fraction of sp³-hybridized carbons (Fsp3) is 0.632. The predicted octanol–water partition coefficient (Wildman–Crippen LogP) is 3.53. The van der Waals surface area contributed by atoms with Crippen molar-refractivity contribution in [1.29, 1.82) is 0 Å². The normalized spacial score (nSPS) is 17.7. The van der Waals surface area contributed by atoms with Crippen molar-refractivity contribution in [1.82, 2.24) is 19.3 Å². The standard InChI is InChI=1S/C19H27N5OS/c1-13-11-16(14(2)22(13)3)17(25)12-26-19-21-20-18(24(19)15-7-8-15)23-9-5-4-6-10-23/h11,15H,4-10,12H2,1-3H3. The number of nitrogens with zero attached hydrogens (tertiary/aromatic N) is 5. The number of aromatic nitrogens is 4. The van der Waals surface area contributed by atoms with Crippen LogP contribution in [-0.2, 0) is 7.05 Å². The quantitative estimate of drug-likeness (QED) is 0.573. The molecule has 0 bridgehead atoms. The van der Waals surface area contributed by atoms with Crippen molar-refractivity contribution >= 4 is 23.5 Å². The molecule has 0 radical (unpaired) electrons. The number of hydrogen-bond acceptors (Lipinski definition) is 5. The van der Waals surface area contributed by atoms with Crippen LogP contribution < -0.4 is 4.90 Å². The number of carbonyl (C=O) groups excluding carboxylic acids is 1. The molecule has 2 aromatic rings. The lowest BCUT2D eigenvalue weighted by atomic mass is 10.1. The molecule has 2 aliphatic rings. The first-order valence-electron chi connectivity index (χ1n) is 9.55. The lowest BCUT2D eigenvalue weighted by molar-refractivity contribution is 0.102. The van der Waals surface area contributed by atoms with Gasteiger partial charge in [-0.1, -0.05) is 11.8 Å². The van der Waals surface area contributed by atoms with Gasteiger partial charge < -0.3 is 9.47 Å². The number of carbonyl (C=O) groups is 1. The van der Waals surface area contributed by atoms with Crippen LogP contribution in [0, 0.1) is 13.8 Å². The van der Waals surface area contributed by atoms with Crippen LogP contribution in [0.3, 0.4) is 0 Å². The molecule has 0 amide bonds. The van der Waals surface area contributed by atoms with Crippen molar-refractivity contribution in [2.75, 3.05) is 23.7 Å². The van der Waals surface area contributed by atoms with Crippen LogP contribution in [-0.4, -0.2) is 44.0 Å². The molecule has 3 heterocycles. The third-order valence-electron chi connectivity index (χ3n) is 5.61. The Morgan fingerprint density at radius 1 is 1.19 bits per heavy atom. The molecule has 0 aromatic carbocycles. The zero-order valence-corrected chi connectivity index (χ0v) is 16.7. The van der Waals surface area contributed by atoms with Crippen molar-refractivity contribution < 1.29 is 4.79 Å². The fourth-order valence-corrected chi connectivity index (χ4v) is 4.56. The Kier molecular flexibility index (Phi) is 4.82. The minimum absolute atomic E-state index is 0.168. The van der Waals surface area contributed by atoms with Crippen LogP contribution in [0.25, 0.3) is 0 Å². The summed E-state index contributed by atoms with van der Waals surface area (Å²) < 4.78 is 4.35. The second kappa shape index (κ2) is 7.10. The Labute approximate surface area is 159 Å². The number of ketones is 1. The summed E-state index contributed by atoms with van der Waals surface area (Å²) >= 11 is 1.53. The van der Waals surface area contributed by atoms with Crippen LogP contribution in [0.5, 0.6) is 0 Å². The molecule has 1 saturated heterocycles. The van der Waals surface area contributed by atoms with Crippen LogP contribution in [0.2, 0.25) is 0 Å². The molecule has 4 rings (SSSR count). The van der Waals surface area contributed by atoms with Crippen molar-refractivity contribution in [3.8, 4) is 0 Å². The van der Waals surface area contributed by atoms with Gasteiger partial charge in [0.2, 0.25) is 5.95 Å². The summed E-state index contributed by atoms with van der Waals surface area (Å²) in [5.74, 6) is 1.59. The number of rotatable bonds is 6. The van der Waals surface area contributed by atoms with Gasteiger partial charge in [0.15, 0.2) is 10.9 Å². The molecule has 140 valence electrons. The molecular formula is C19H27N5OS. The van der Waals surface area contributed by atoms with Crippen LogP contribution in [0.1, 0.15) is 59.9 Å². The summed E-state index contributed by atoms with van der Waals surface area (Å²) in [6.07, 6.45) is 6.14. The molecule has 0 unspecified atom stereocenters. The van der Waals surface area contributed by atoms with E-state index in [2.05, 4.69) is 24.2 Å². The van der Waals surface area contributed by atoms with E-state index in [1.807, 2.05) is 27.0 Å². The van der Waals surface area contributed by atoms with Crippen molar-refractivity contribution in [3.63, 3.8) is 0 Å². The molecule has 7 heteroatoms. The summed E-state index contributed by atoms with van der Waals surface area (Å²) in [5, 5.41) is 9.83. The zero-order chi connectivity index (χ0) is 18.3. The monoisotopic (exact) mass is 373 g/mol. The van der Waals surface area contributed by atoms with Gasteiger partial charge in [-0.25, -0.2) is 0 Å². The van der Waals surface area contributed by atoms with Gasteiger partial charge in [0, 0.05) is 43.1 Å². The molecule has 2 fully saturated rings. The van der Waals surface area contributed by atoms with Crippen LogP contribution in [0.15, 0.2) is 11.2 Å². The minimum atomic E-state index is 0.168. The molecule has 0 atom stereocenters. The average molecular weight is 374 g/mol. The summed E-state index contributed by atoms with van der Waals surface area (Å²) in [7, 11) is 2.00. The predicted molar refractivity (Wildman–Crippen MR) is 104 cm³/mol. The van der Waals surface area contributed by atoms with E-state index in [4.69, 9.17) is 0 Å². The molecule has 26 heavy (non-hydrogen) atoms. The first-order chi connectivity index (χ1) is 12.6. The lowest BCUT2D eigenvalue weighted by Crippen LogP contribution is -2.31. The third-order valence-corrected chi connectivity index (χ3v) is 6.55. The fourth-order valence-electron chi connectivity index (χ4n) is 3.68. The molecular weight excluding hydrogens is 346 g/mol. The van der Waals surface area contributed by atoms with Gasteiger partial charge in [-0.3, -0.25) is 9.36 Å². The Hall–Kier alpha value is -1.76. The highest BCUT2D eigenvalue weighted by Gasteiger charge is 2.32. The van der Waals surface area contributed by atoms with Gasteiger partial charge in [-0.15, -0.1) is 10.2 Å². The molecule has 0 N–H and O–H groups in total. The molecule has 6 nitrogen and oxygen atoms in total. The van der Waals surface area contributed by atoms with E-state index >= 15 is 0 Å². The number of Topliss-reactive ketones (excluding diaryl/α,β-unsaturated/α-hetero) is 1. The van der Waals surface area contributed by atoms with Gasteiger partial charge in [0.1, 0.15) is 0 Å². The lowest BCUT2D eigenvalue weighted by Gasteiger charge is -2.27. The number of anilines is 1. The van der Waals surface area contributed by atoms with Crippen molar-refractivity contribution in [2.24, 2.45) is 7.05 Å². The average Bonchev–Trinajstić information content (AvgIpc) is 3.36. The van der Waals surface area contributed by atoms with E-state index < -0.39 is 0 Å². The summed E-state index contributed by atoms with van der Waals surface area (Å²) in [5.41, 5.74) is 2.97. The van der Waals surface area contributed by atoms with E-state index in [-0.39, 0.29) is 5.78 Å². The molecule has 0 spiro atoms. The van der Waals surface area contributed by atoms with Gasteiger partial charge >= 0.3 is 0 Å². The van der Waals surface area contributed by atoms with Crippen molar-refractivity contribution in [3.05, 3.63) is 23.0 Å². The van der Waals surface area contributed by atoms with Crippen LogP contribution in [0.4, 0.5) is 5.95 Å². The second-order valence-corrected chi connectivity index (χ2v) is 8.43. The minimum Gasteiger partial charge on any atom is -0.351 e. The highest BCUT2D eigenvalue weighted by molar-refractivity contribution is 7.99. The van der Waals surface area contributed by atoms with E-state index in [9.17, 15) is 4.79 Å². The molecule has 1 aliphatic heterocycles. The summed E-state index contributed by atoms with van der Waals surface area (Å²) in [6, 6.07) is 2.50. The Bertz CT molecular complexity index is 814. The van der Waals surface area contributed by atoms with Gasteiger partial charge in [0.25, 0.3) is 0 Å². The van der Waals surface area contributed by atoms with E-state index in [1.54, 1.807) is 0 Å². The molecule has 1 saturated carbocycles. The largest absolute Gasteiger partial charge is 0.351 e. The highest BCUT2D eigenvalue weighted by atomic mass is 32.2. The third kappa shape index (κ3) is 3.29. The first-order valence-corrected chi connectivity index (χ1v) is 10.5. The van der Waals surface area contributed by atoms with E-state index in [0.717, 1.165) is 41.1 Å². The maximum absolute atomic E-state index is 12.7. The molecule has 2 aromatic heterocycles. The number of thioether (sulfide) groups is 1. The topological polar surface area (TPSA) is 56.0 Å². The van der Waals surface area contributed by atoms with Gasteiger partial charge in [0.05, 0.1) is 5.75 Å². The van der Waals surface area contributed by atoms with Crippen molar-refractivity contribution in [2.45, 2.75) is 57.1 Å². The maximum atomic E-state index is 12.7. The van der Waals surface area contributed by atoms with Crippen LogP contribution >= 0.6 is 11.8 Å². The zero-order valence-electron chi connectivity index (χ0n) is 15.9. The summed E-state index contributed by atoms with van der Waals surface area (Å²) in [4.78, 5) is 15.1. The second-order valence-electron chi connectivity index (χ2n) is 7.49. The maximum Gasteiger partial charge on any atom is 0.228 e. The Balaban J connectivity index is 1.50.